The van der Waals surface area contributed by atoms with Crippen molar-refractivity contribution in [1.82, 2.24) is 15.3 Å². The average molecular weight is 257 g/mol. The topological polar surface area (TPSA) is 141 Å². The zero-order chi connectivity index (χ0) is 13.7. The molecule has 0 radical (unpaired) electrons. The molecule has 98 valence electrons. The Morgan fingerprint density at radius 2 is 2.17 bits per heavy atom. The Morgan fingerprint density at radius 3 is 2.72 bits per heavy atom. The zero-order valence-electron chi connectivity index (χ0n) is 9.35. The van der Waals surface area contributed by atoms with Crippen LogP contribution in [0.1, 0.15) is 10.4 Å². The molecule has 1 aromatic heterocycles. The molecule has 9 heteroatoms. The first-order valence-corrected chi connectivity index (χ1v) is 4.81. The van der Waals surface area contributed by atoms with Gasteiger partial charge in [-0.05, 0) is 0 Å². The number of aromatic nitrogens is 2. The third-order valence-electron chi connectivity index (χ3n) is 1.99. The number of rotatable bonds is 4. The van der Waals surface area contributed by atoms with Crippen LogP contribution in [0.5, 0.6) is 0 Å². The summed E-state index contributed by atoms with van der Waals surface area (Å²) in [5.74, 6) is -1.75. The number of aromatic amines is 2. The first-order chi connectivity index (χ1) is 8.45. The van der Waals surface area contributed by atoms with Gasteiger partial charge in [0.1, 0.15) is 5.56 Å². The third-order valence-corrected chi connectivity index (χ3v) is 1.99. The summed E-state index contributed by atoms with van der Waals surface area (Å²) in [6.45, 7) is -0.413. The molecule has 18 heavy (non-hydrogen) atoms. The number of nitrogens with one attached hydrogen (secondary N) is 3. The molecule has 4 N–H and O–H groups in total. The van der Waals surface area contributed by atoms with Crippen LogP contribution in [0.15, 0.2) is 15.8 Å². The van der Waals surface area contributed by atoms with Gasteiger partial charge in [0.25, 0.3) is 11.5 Å². The Balaban J connectivity index is 2.69. The Morgan fingerprint density at radius 1 is 1.50 bits per heavy atom. The van der Waals surface area contributed by atoms with Crippen LogP contribution >= 0.6 is 0 Å². The molecule has 1 rings (SSSR count). The maximum atomic E-state index is 11.5. The fourth-order valence-corrected chi connectivity index (χ4v) is 1.08. The van der Waals surface area contributed by atoms with E-state index in [1.54, 1.807) is 0 Å². The van der Waals surface area contributed by atoms with Crippen LogP contribution in [0.3, 0.4) is 0 Å². The van der Waals surface area contributed by atoms with E-state index in [2.05, 4.69) is 15.0 Å². The number of aliphatic hydroxyl groups excluding tert-OH is 1. The van der Waals surface area contributed by atoms with Gasteiger partial charge in [0, 0.05) is 6.20 Å². The molecule has 1 atom stereocenters. The molecule has 0 fully saturated rings. The van der Waals surface area contributed by atoms with Gasteiger partial charge < -0.3 is 20.1 Å². The van der Waals surface area contributed by atoms with Crippen LogP contribution in [0, 0.1) is 0 Å². The van der Waals surface area contributed by atoms with Crippen molar-refractivity contribution in [3.63, 3.8) is 0 Å². The maximum Gasteiger partial charge on any atom is 0.336 e. The van der Waals surface area contributed by atoms with Crippen LogP contribution in [-0.4, -0.2) is 46.7 Å². The molecule has 1 unspecified atom stereocenters. The monoisotopic (exact) mass is 257 g/mol. The number of amides is 1. The van der Waals surface area contributed by atoms with Gasteiger partial charge in [0.15, 0.2) is 6.10 Å². The smallest absolute Gasteiger partial charge is 0.336 e. The van der Waals surface area contributed by atoms with Crippen molar-refractivity contribution in [3.8, 4) is 0 Å². The first kappa shape index (κ1) is 13.6. The molecule has 0 saturated heterocycles. The van der Waals surface area contributed by atoms with Gasteiger partial charge in [-0.1, -0.05) is 0 Å². The molecule has 0 bridgehead atoms. The van der Waals surface area contributed by atoms with E-state index >= 15 is 0 Å². The highest BCUT2D eigenvalue weighted by atomic mass is 16.5. The Kier molecular flexibility index (Phi) is 4.38. The molecular formula is C9H11N3O6. The maximum absolute atomic E-state index is 11.5. The zero-order valence-corrected chi connectivity index (χ0v) is 9.35. The highest BCUT2D eigenvalue weighted by molar-refractivity contribution is 5.93. The second-order valence-corrected chi connectivity index (χ2v) is 3.23. The Bertz CT molecular complexity index is 560. The highest BCUT2D eigenvalue weighted by Crippen LogP contribution is 1.88. The minimum atomic E-state index is -1.53. The van der Waals surface area contributed by atoms with E-state index in [0.29, 0.717) is 0 Å². The third kappa shape index (κ3) is 3.28. The summed E-state index contributed by atoms with van der Waals surface area (Å²) in [4.78, 5) is 48.2. The quantitative estimate of drug-likeness (QED) is 0.433. The van der Waals surface area contributed by atoms with Crippen molar-refractivity contribution >= 4 is 11.9 Å². The lowest BCUT2D eigenvalue weighted by Crippen LogP contribution is -2.40. The van der Waals surface area contributed by atoms with Crippen molar-refractivity contribution in [2.75, 3.05) is 13.7 Å². The fraction of sp³-hybridized carbons (Fsp3) is 0.333. The molecule has 1 heterocycles. The molecule has 0 saturated carbocycles. The van der Waals surface area contributed by atoms with Gasteiger partial charge in [-0.25, -0.2) is 9.59 Å². The molecule has 0 spiro atoms. The lowest BCUT2D eigenvalue weighted by molar-refractivity contribution is -0.149. The molecule has 9 nitrogen and oxygen atoms in total. The lowest BCUT2D eigenvalue weighted by atomic mass is 10.3. The number of esters is 1. The SMILES string of the molecule is COC(=O)C(O)CNC(=O)c1c[nH]c(=O)[nH]c1=O. The number of aliphatic hydroxyl groups is 1. The standard InChI is InChI=1S/C9H11N3O6/c1-18-8(16)5(13)3-10-6(14)4-2-11-9(17)12-7(4)15/h2,5,13H,3H2,1H3,(H,10,14)(H2,11,12,15,17). The molecule has 0 aromatic carbocycles. The van der Waals surface area contributed by atoms with Crippen LogP contribution in [-0.2, 0) is 9.53 Å². The van der Waals surface area contributed by atoms with Gasteiger partial charge in [0.05, 0.1) is 13.7 Å². The molecule has 0 aliphatic heterocycles. The summed E-state index contributed by atoms with van der Waals surface area (Å²) < 4.78 is 4.23. The second kappa shape index (κ2) is 5.77. The largest absolute Gasteiger partial charge is 0.467 e. The average Bonchev–Trinajstić information content (AvgIpc) is 2.34. The summed E-state index contributed by atoms with van der Waals surface area (Å²) in [6, 6.07) is 0. The van der Waals surface area contributed by atoms with Gasteiger partial charge >= 0.3 is 11.7 Å². The summed E-state index contributed by atoms with van der Waals surface area (Å²) in [6.07, 6.45) is -0.595. The summed E-state index contributed by atoms with van der Waals surface area (Å²) in [5.41, 5.74) is -1.96. The number of carbonyl (C=O) groups excluding carboxylic acids is 2. The van der Waals surface area contributed by atoms with Gasteiger partial charge in [0.2, 0.25) is 0 Å². The normalized spacial score (nSPS) is 11.7. The van der Waals surface area contributed by atoms with E-state index in [9.17, 15) is 24.3 Å². The first-order valence-electron chi connectivity index (χ1n) is 4.81. The minimum absolute atomic E-state index is 0.341. The number of ether oxygens (including phenoxy) is 1. The molecule has 1 amide bonds. The van der Waals surface area contributed by atoms with E-state index in [-0.39, 0.29) is 5.56 Å². The van der Waals surface area contributed by atoms with Crippen molar-refractivity contribution in [1.29, 1.82) is 0 Å². The molecule has 1 aromatic rings. The fourth-order valence-electron chi connectivity index (χ4n) is 1.08. The van der Waals surface area contributed by atoms with Crippen molar-refractivity contribution < 1.29 is 19.4 Å². The minimum Gasteiger partial charge on any atom is -0.467 e. The molecule has 0 aliphatic carbocycles. The Labute approximate surface area is 99.8 Å². The van der Waals surface area contributed by atoms with E-state index in [1.807, 2.05) is 4.98 Å². The Hall–Kier alpha value is -2.42. The molecule has 0 aliphatic rings. The van der Waals surface area contributed by atoms with Crippen LogP contribution < -0.4 is 16.6 Å². The summed E-state index contributed by atoms with van der Waals surface area (Å²) in [5, 5.41) is 11.3. The van der Waals surface area contributed by atoms with Gasteiger partial charge in [-0.3, -0.25) is 14.6 Å². The lowest BCUT2D eigenvalue weighted by Gasteiger charge is -2.09. The van der Waals surface area contributed by atoms with E-state index in [1.165, 1.54) is 0 Å². The van der Waals surface area contributed by atoms with E-state index in [4.69, 9.17) is 0 Å². The second-order valence-electron chi connectivity index (χ2n) is 3.23. The van der Waals surface area contributed by atoms with Crippen LogP contribution in [0.2, 0.25) is 0 Å². The van der Waals surface area contributed by atoms with E-state index in [0.717, 1.165) is 13.3 Å². The predicted octanol–water partition coefficient (Wildman–Crippen LogP) is -2.67. The van der Waals surface area contributed by atoms with Crippen molar-refractivity contribution in [3.05, 3.63) is 32.6 Å². The molecular weight excluding hydrogens is 246 g/mol. The number of hydrogen-bond donors (Lipinski definition) is 4. The van der Waals surface area contributed by atoms with Gasteiger partial charge in [-0.2, -0.15) is 0 Å². The van der Waals surface area contributed by atoms with E-state index < -0.39 is 35.8 Å². The predicted molar refractivity (Wildman–Crippen MR) is 58.0 cm³/mol. The van der Waals surface area contributed by atoms with Gasteiger partial charge in [-0.15, -0.1) is 0 Å². The highest BCUT2D eigenvalue weighted by Gasteiger charge is 2.18. The van der Waals surface area contributed by atoms with Crippen LogP contribution in [0.4, 0.5) is 0 Å². The number of carbonyl (C=O) groups is 2. The number of H-pyrrole nitrogens is 2. The number of methoxy groups -OCH3 is 1. The summed E-state index contributed by atoms with van der Waals surface area (Å²) >= 11 is 0. The summed E-state index contributed by atoms with van der Waals surface area (Å²) in [7, 11) is 1.08. The van der Waals surface area contributed by atoms with Crippen LogP contribution in [0.25, 0.3) is 0 Å². The van der Waals surface area contributed by atoms with Crippen molar-refractivity contribution in [2.24, 2.45) is 0 Å². The number of hydrogen-bond acceptors (Lipinski definition) is 6. The van der Waals surface area contributed by atoms with Crippen molar-refractivity contribution in [2.45, 2.75) is 6.10 Å².